The lowest BCUT2D eigenvalue weighted by Gasteiger charge is -2.38. The number of furan rings is 1. The predicted molar refractivity (Wildman–Crippen MR) is 129 cm³/mol. The standard InChI is InChI=1S/C26H30N2O4S/c1-4-19(3)28(26(30)23-6-5-14-31-23)16-25(29)27-13-11-24-21(12-15-33-24)22(27)17-32-20-9-7-18(2)8-10-20/h5-10,12,14-15,19,22H,4,11,13,16-17H2,1-3H3/t19-,22-/m1/s1. The number of fused-ring (bicyclic) bond motifs is 1. The van der Waals surface area contributed by atoms with E-state index in [1.807, 2.05) is 49.9 Å². The molecule has 0 spiro atoms. The summed E-state index contributed by atoms with van der Waals surface area (Å²) in [5.74, 6) is 0.693. The van der Waals surface area contributed by atoms with Gasteiger partial charge in [0, 0.05) is 17.5 Å². The van der Waals surface area contributed by atoms with Gasteiger partial charge in [-0.05, 0) is 68.0 Å². The van der Waals surface area contributed by atoms with Gasteiger partial charge in [-0.1, -0.05) is 24.6 Å². The van der Waals surface area contributed by atoms with Gasteiger partial charge in [0.1, 0.15) is 18.9 Å². The maximum absolute atomic E-state index is 13.6. The van der Waals surface area contributed by atoms with Crippen LogP contribution in [-0.2, 0) is 11.2 Å². The Balaban J connectivity index is 1.53. The van der Waals surface area contributed by atoms with Crippen molar-refractivity contribution in [3.8, 4) is 5.75 Å². The molecule has 0 aliphatic carbocycles. The van der Waals surface area contributed by atoms with Gasteiger partial charge in [0.05, 0.1) is 12.3 Å². The highest BCUT2D eigenvalue weighted by Crippen LogP contribution is 2.34. The molecule has 6 nitrogen and oxygen atoms in total. The van der Waals surface area contributed by atoms with Crippen LogP contribution in [0.15, 0.2) is 58.5 Å². The molecule has 2 amide bonds. The van der Waals surface area contributed by atoms with Crippen LogP contribution in [0.5, 0.6) is 5.75 Å². The quantitative estimate of drug-likeness (QED) is 0.464. The molecule has 0 bridgehead atoms. The summed E-state index contributed by atoms with van der Waals surface area (Å²) in [6.45, 7) is 6.99. The number of hydrogen-bond acceptors (Lipinski definition) is 5. The SMILES string of the molecule is CC[C@@H](C)N(CC(=O)N1CCc2sccc2[C@H]1COc1ccc(C)cc1)C(=O)c1ccco1. The van der Waals surface area contributed by atoms with Gasteiger partial charge in [-0.25, -0.2) is 0 Å². The first kappa shape index (κ1) is 23.1. The highest BCUT2D eigenvalue weighted by molar-refractivity contribution is 7.10. The number of ether oxygens (including phenoxy) is 1. The molecule has 0 fully saturated rings. The Morgan fingerprint density at radius 1 is 1.24 bits per heavy atom. The molecule has 174 valence electrons. The number of rotatable bonds is 8. The van der Waals surface area contributed by atoms with Crippen LogP contribution in [0.4, 0.5) is 0 Å². The zero-order chi connectivity index (χ0) is 23.4. The summed E-state index contributed by atoms with van der Waals surface area (Å²) in [6, 6.07) is 13.1. The monoisotopic (exact) mass is 466 g/mol. The number of benzene rings is 1. The average molecular weight is 467 g/mol. The van der Waals surface area contributed by atoms with E-state index in [9.17, 15) is 9.59 Å². The van der Waals surface area contributed by atoms with Gasteiger partial charge in [-0.3, -0.25) is 9.59 Å². The summed E-state index contributed by atoms with van der Waals surface area (Å²) in [7, 11) is 0. The first-order valence-corrected chi connectivity index (χ1v) is 12.3. The summed E-state index contributed by atoms with van der Waals surface area (Å²) in [5, 5.41) is 2.07. The fourth-order valence-electron chi connectivity index (χ4n) is 4.11. The van der Waals surface area contributed by atoms with E-state index in [-0.39, 0.29) is 36.2 Å². The molecule has 2 aromatic heterocycles. The molecule has 1 aliphatic rings. The third-order valence-corrected chi connectivity index (χ3v) is 7.26. The number of nitrogens with zero attached hydrogens (tertiary/aromatic N) is 2. The summed E-state index contributed by atoms with van der Waals surface area (Å²) in [6.07, 6.45) is 3.04. The van der Waals surface area contributed by atoms with Crippen molar-refractivity contribution in [2.75, 3.05) is 19.7 Å². The number of carbonyl (C=O) groups is 2. The number of hydrogen-bond donors (Lipinski definition) is 0. The molecular weight excluding hydrogens is 436 g/mol. The van der Waals surface area contributed by atoms with Gasteiger partial charge >= 0.3 is 0 Å². The zero-order valence-corrected chi connectivity index (χ0v) is 20.1. The van der Waals surface area contributed by atoms with E-state index in [0.717, 1.165) is 24.2 Å². The second kappa shape index (κ2) is 10.3. The molecule has 1 aliphatic heterocycles. The zero-order valence-electron chi connectivity index (χ0n) is 19.3. The summed E-state index contributed by atoms with van der Waals surface area (Å²) in [5.41, 5.74) is 2.31. The lowest BCUT2D eigenvalue weighted by molar-refractivity contribution is -0.136. The van der Waals surface area contributed by atoms with Crippen molar-refractivity contribution in [3.05, 3.63) is 75.9 Å². The largest absolute Gasteiger partial charge is 0.491 e. The Bertz CT molecular complexity index is 1070. The van der Waals surface area contributed by atoms with E-state index < -0.39 is 0 Å². The van der Waals surface area contributed by atoms with Crippen LogP contribution in [0.2, 0.25) is 0 Å². The van der Waals surface area contributed by atoms with Crippen LogP contribution in [0.25, 0.3) is 0 Å². The molecule has 0 saturated carbocycles. The minimum absolute atomic E-state index is 0.00897. The van der Waals surface area contributed by atoms with Gasteiger partial charge in [-0.15, -0.1) is 11.3 Å². The molecule has 2 atom stereocenters. The Morgan fingerprint density at radius 2 is 2.03 bits per heavy atom. The molecule has 3 heterocycles. The molecule has 33 heavy (non-hydrogen) atoms. The Morgan fingerprint density at radius 3 is 2.73 bits per heavy atom. The second-order valence-electron chi connectivity index (χ2n) is 8.44. The van der Waals surface area contributed by atoms with Crippen LogP contribution in [0.3, 0.4) is 0 Å². The van der Waals surface area contributed by atoms with Gasteiger partial charge in [0.2, 0.25) is 5.91 Å². The van der Waals surface area contributed by atoms with E-state index in [0.29, 0.717) is 13.2 Å². The maximum atomic E-state index is 13.6. The number of carbonyl (C=O) groups excluding carboxylic acids is 2. The summed E-state index contributed by atoms with van der Waals surface area (Å²) >= 11 is 1.72. The fraction of sp³-hybridized carbons (Fsp3) is 0.385. The normalized spacial score (nSPS) is 16.2. The highest BCUT2D eigenvalue weighted by Gasteiger charge is 2.34. The Hall–Kier alpha value is -3.06. The van der Waals surface area contributed by atoms with Crippen LogP contribution in [0.1, 0.15) is 52.9 Å². The van der Waals surface area contributed by atoms with E-state index in [4.69, 9.17) is 9.15 Å². The van der Waals surface area contributed by atoms with Crippen molar-refractivity contribution < 1.29 is 18.7 Å². The number of thiophene rings is 1. The highest BCUT2D eigenvalue weighted by atomic mass is 32.1. The number of amides is 2. The van der Waals surface area contributed by atoms with E-state index in [1.165, 1.54) is 16.7 Å². The smallest absolute Gasteiger partial charge is 0.290 e. The van der Waals surface area contributed by atoms with Crippen molar-refractivity contribution in [2.45, 2.75) is 45.7 Å². The minimum atomic E-state index is -0.261. The molecule has 0 N–H and O–H groups in total. The van der Waals surface area contributed by atoms with Crippen molar-refractivity contribution in [1.29, 1.82) is 0 Å². The Kier molecular flexibility index (Phi) is 7.18. The lowest BCUT2D eigenvalue weighted by Crippen LogP contribution is -2.49. The molecule has 0 saturated heterocycles. The summed E-state index contributed by atoms with van der Waals surface area (Å²) in [4.78, 5) is 31.4. The Labute approximate surface area is 198 Å². The van der Waals surface area contributed by atoms with Crippen molar-refractivity contribution in [3.63, 3.8) is 0 Å². The van der Waals surface area contributed by atoms with Crippen molar-refractivity contribution in [2.24, 2.45) is 0 Å². The van der Waals surface area contributed by atoms with Crippen LogP contribution < -0.4 is 4.74 Å². The van der Waals surface area contributed by atoms with Gasteiger partial charge in [0.15, 0.2) is 5.76 Å². The van der Waals surface area contributed by atoms with Crippen LogP contribution >= 0.6 is 11.3 Å². The lowest BCUT2D eigenvalue weighted by atomic mass is 10.00. The van der Waals surface area contributed by atoms with Gasteiger partial charge in [-0.2, -0.15) is 0 Å². The average Bonchev–Trinajstić information content (AvgIpc) is 3.53. The first-order valence-electron chi connectivity index (χ1n) is 11.4. The van der Waals surface area contributed by atoms with Crippen LogP contribution in [-0.4, -0.2) is 47.4 Å². The van der Waals surface area contributed by atoms with Crippen LogP contribution in [0, 0.1) is 6.92 Å². The molecule has 7 heteroatoms. The first-order chi connectivity index (χ1) is 16.0. The van der Waals surface area contributed by atoms with Crippen molar-refractivity contribution in [1.82, 2.24) is 9.80 Å². The van der Waals surface area contributed by atoms with Crippen molar-refractivity contribution >= 4 is 23.2 Å². The molecular formula is C26H30N2O4S. The second-order valence-corrected chi connectivity index (χ2v) is 9.44. The molecule has 3 aromatic rings. The minimum Gasteiger partial charge on any atom is -0.491 e. The molecule has 0 radical (unpaired) electrons. The third kappa shape index (κ3) is 5.14. The molecule has 0 unspecified atom stereocenters. The van der Waals surface area contributed by atoms with E-state index in [2.05, 4.69) is 11.4 Å². The molecule has 4 rings (SSSR count). The van der Waals surface area contributed by atoms with E-state index in [1.54, 1.807) is 28.4 Å². The molecule has 1 aromatic carbocycles. The fourth-order valence-corrected chi connectivity index (χ4v) is 5.04. The maximum Gasteiger partial charge on any atom is 0.290 e. The summed E-state index contributed by atoms with van der Waals surface area (Å²) < 4.78 is 11.4. The predicted octanol–water partition coefficient (Wildman–Crippen LogP) is 5.10. The van der Waals surface area contributed by atoms with Gasteiger partial charge < -0.3 is 19.0 Å². The van der Waals surface area contributed by atoms with E-state index >= 15 is 0 Å². The third-order valence-electron chi connectivity index (χ3n) is 6.27. The van der Waals surface area contributed by atoms with Gasteiger partial charge in [0.25, 0.3) is 5.91 Å². The number of aryl methyl sites for hydroxylation is 1. The topological polar surface area (TPSA) is 63.0 Å².